The van der Waals surface area contributed by atoms with Crippen LogP contribution in [0.15, 0.2) is 18.2 Å². The molecule has 1 aromatic rings. The van der Waals surface area contributed by atoms with Crippen LogP contribution in [0.5, 0.6) is 5.75 Å². The van der Waals surface area contributed by atoms with E-state index in [0.717, 1.165) is 0 Å². The summed E-state index contributed by atoms with van der Waals surface area (Å²) >= 11 is 0. The van der Waals surface area contributed by atoms with E-state index in [9.17, 15) is 9.59 Å². The van der Waals surface area contributed by atoms with Crippen LogP contribution in [-0.2, 0) is 4.79 Å². The first kappa shape index (κ1) is 15.8. The summed E-state index contributed by atoms with van der Waals surface area (Å²) in [5.74, 6) is -0.791. The highest BCUT2D eigenvalue weighted by Gasteiger charge is 2.24. The molecule has 1 aromatic carbocycles. The van der Waals surface area contributed by atoms with Crippen LogP contribution in [0.1, 0.15) is 31.1 Å². The minimum absolute atomic E-state index is 0.104. The number of rotatable bonds is 6. The van der Waals surface area contributed by atoms with Crippen molar-refractivity contribution in [2.75, 3.05) is 12.3 Å². The molecule has 6 nitrogen and oxygen atoms in total. The average molecular weight is 279 g/mol. The lowest BCUT2D eigenvalue weighted by atomic mass is 10.0. The number of nitrogen functional groups attached to an aromatic ring is 1. The Morgan fingerprint density at radius 3 is 2.50 bits per heavy atom. The number of benzene rings is 1. The minimum Gasteiger partial charge on any atom is -0.491 e. The highest BCUT2D eigenvalue weighted by molar-refractivity contribution is 6.00. The van der Waals surface area contributed by atoms with Gasteiger partial charge < -0.3 is 21.5 Å². The standard InChI is InChI=1S/C14H21N3O3/c1-4-20-12-9(6-5-7-10(12)15)14(19)17-11(8(2)3)13(16)18/h5-8,11H,4,15H2,1-3H3,(H2,16,18)(H,17,19). The molecule has 0 heterocycles. The normalized spacial score (nSPS) is 12.0. The van der Waals surface area contributed by atoms with Gasteiger partial charge in [-0.1, -0.05) is 19.9 Å². The summed E-state index contributed by atoms with van der Waals surface area (Å²) in [5, 5.41) is 2.61. The molecule has 2 amide bonds. The van der Waals surface area contributed by atoms with Gasteiger partial charge in [-0.3, -0.25) is 9.59 Å². The maximum atomic E-state index is 12.3. The zero-order valence-corrected chi connectivity index (χ0v) is 12.0. The van der Waals surface area contributed by atoms with Gasteiger partial charge in [0.25, 0.3) is 5.91 Å². The van der Waals surface area contributed by atoms with Crippen LogP contribution in [0, 0.1) is 5.92 Å². The summed E-state index contributed by atoms with van der Waals surface area (Å²) in [7, 11) is 0. The van der Waals surface area contributed by atoms with Gasteiger partial charge in [0.15, 0.2) is 5.75 Å². The number of primary amides is 1. The fraction of sp³-hybridized carbons (Fsp3) is 0.429. The molecule has 20 heavy (non-hydrogen) atoms. The third-order valence-electron chi connectivity index (χ3n) is 2.84. The topological polar surface area (TPSA) is 107 Å². The molecule has 0 spiro atoms. The number of anilines is 1. The molecule has 0 aliphatic carbocycles. The molecule has 1 atom stereocenters. The lowest BCUT2D eigenvalue weighted by molar-refractivity contribution is -0.120. The van der Waals surface area contributed by atoms with E-state index in [0.29, 0.717) is 23.6 Å². The molecular weight excluding hydrogens is 258 g/mol. The summed E-state index contributed by atoms with van der Waals surface area (Å²) in [5.41, 5.74) is 11.7. The Morgan fingerprint density at radius 1 is 1.35 bits per heavy atom. The Balaban J connectivity index is 3.03. The highest BCUT2D eigenvalue weighted by atomic mass is 16.5. The van der Waals surface area contributed by atoms with Gasteiger partial charge in [0.05, 0.1) is 17.9 Å². The molecule has 0 saturated heterocycles. The molecular formula is C14H21N3O3. The first-order chi connectivity index (χ1) is 9.38. The Bertz CT molecular complexity index is 500. The predicted molar refractivity (Wildman–Crippen MR) is 77.3 cm³/mol. The number of carbonyl (C=O) groups excluding carboxylic acids is 2. The third-order valence-corrected chi connectivity index (χ3v) is 2.84. The maximum Gasteiger partial charge on any atom is 0.255 e. The Kier molecular flexibility index (Phi) is 5.37. The number of nitrogens with one attached hydrogen (secondary N) is 1. The van der Waals surface area contributed by atoms with Gasteiger partial charge in [0, 0.05) is 0 Å². The van der Waals surface area contributed by atoms with Gasteiger partial charge in [-0.15, -0.1) is 0 Å². The van der Waals surface area contributed by atoms with Gasteiger partial charge in [-0.25, -0.2) is 0 Å². The maximum absolute atomic E-state index is 12.3. The summed E-state index contributed by atoms with van der Waals surface area (Å²) in [6.07, 6.45) is 0. The lowest BCUT2D eigenvalue weighted by Crippen LogP contribution is -2.47. The van der Waals surface area contributed by atoms with Crippen LogP contribution >= 0.6 is 0 Å². The van der Waals surface area contributed by atoms with Crippen LogP contribution in [0.3, 0.4) is 0 Å². The van der Waals surface area contributed by atoms with E-state index in [1.165, 1.54) is 0 Å². The van der Waals surface area contributed by atoms with Crippen molar-refractivity contribution in [3.8, 4) is 5.75 Å². The van der Waals surface area contributed by atoms with Crippen LogP contribution in [0.25, 0.3) is 0 Å². The fourth-order valence-corrected chi connectivity index (χ4v) is 1.82. The number of hydrogen-bond donors (Lipinski definition) is 3. The lowest BCUT2D eigenvalue weighted by Gasteiger charge is -2.20. The molecule has 0 bridgehead atoms. The van der Waals surface area contributed by atoms with Crippen molar-refractivity contribution >= 4 is 17.5 Å². The number of para-hydroxylation sites is 1. The summed E-state index contributed by atoms with van der Waals surface area (Å²) in [6, 6.07) is 4.16. The van der Waals surface area contributed by atoms with Gasteiger partial charge in [-0.05, 0) is 25.0 Å². The molecule has 1 rings (SSSR count). The minimum atomic E-state index is -0.738. The van der Waals surface area contributed by atoms with E-state index in [2.05, 4.69) is 5.32 Å². The fourth-order valence-electron chi connectivity index (χ4n) is 1.82. The molecule has 0 radical (unpaired) electrons. The van der Waals surface area contributed by atoms with Crippen molar-refractivity contribution in [3.05, 3.63) is 23.8 Å². The molecule has 0 fully saturated rings. The van der Waals surface area contributed by atoms with Crippen molar-refractivity contribution < 1.29 is 14.3 Å². The van der Waals surface area contributed by atoms with Crippen LogP contribution < -0.4 is 21.5 Å². The zero-order valence-electron chi connectivity index (χ0n) is 12.0. The predicted octanol–water partition coefficient (Wildman–Crippen LogP) is 0.907. The van der Waals surface area contributed by atoms with Crippen LogP contribution in [0.2, 0.25) is 0 Å². The Morgan fingerprint density at radius 2 is 2.00 bits per heavy atom. The second-order valence-electron chi connectivity index (χ2n) is 4.75. The van der Waals surface area contributed by atoms with E-state index in [1.54, 1.807) is 39.0 Å². The molecule has 0 aromatic heterocycles. The SMILES string of the molecule is CCOc1c(N)cccc1C(=O)NC(C(N)=O)C(C)C. The Hall–Kier alpha value is -2.24. The number of carbonyl (C=O) groups is 2. The third kappa shape index (κ3) is 3.63. The quantitative estimate of drug-likeness (QED) is 0.672. The smallest absolute Gasteiger partial charge is 0.255 e. The number of amides is 2. The number of nitrogens with two attached hydrogens (primary N) is 2. The van der Waals surface area contributed by atoms with Crippen LogP contribution in [-0.4, -0.2) is 24.5 Å². The molecule has 110 valence electrons. The number of ether oxygens (including phenoxy) is 1. The highest BCUT2D eigenvalue weighted by Crippen LogP contribution is 2.26. The average Bonchev–Trinajstić information content (AvgIpc) is 2.37. The van der Waals surface area contributed by atoms with E-state index < -0.39 is 17.9 Å². The van der Waals surface area contributed by atoms with Crippen LogP contribution in [0.4, 0.5) is 5.69 Å². The summed E-state index contributed by atoms with van der Waals surface area (Å²) in [6.45, 7) is 5.80. The van der Waals surface area contributed by atoms with Gasteiger partial charge in [0.2, 0.25) is 5.91 Å². The summed E-state index contributed by atoms with van der Waals surface area (Å²) < 4.78 is 5.39. The van der Waals surface area contributed by atoms with Crippen molar-refractivity contribution in [3.63, 3.8) is 0 Å². The first-order valence-corrected chi connectivity index (χ1v) is 6.49. The van der Waals surface area contributed by atoms with E-state index in [4.69, 9.17) is 16.2 Å². The first-order valence-electron chi connectivity index (χ1n) is 6.49. The van der Waals surface area contributed by atoms with Gasteiger partial charge >= 0.3 is 0 Å². The number of hydrogen-bond acceptors (Lipinski definition) is 4. The van der Waals surface area contributed by atoms with Crippen molar-refractivity contribution in [2.24, 2.45) is 11.7 Å². The molecule has 0 saturated carbocycles. The van der Waals surface area contributed by atoms with Gasteiger partial charge in [-0.2, -0.15) is 0 Å². The van der Waals surface area contributed by atoms with Crippen molar-refractivity contribution in [2.45, 2.75) is 26.8 Å². The second-order valence-corrected chi connectivity index (χ2v) is 4.75. The van der Waals surface area contributed by atoms with Crippen molar-refractivity contribution in [1.82, 2.24) is 5.32 Å². The van der Waals surface area contributed by atoms with Gasteiger partial charge in [0.1, 0.15) is 6.04 Å². The Labute approximate surface area is 118 Å². The van der Waals surface area contributed by atoms with E-state index in [-0.39, 0.29) is 5.92 Å². The van der Waals surface area contributed by atoms with E-state index >= 15 is 0 Å². The molecule has 5 N–H and O–H groups in total. The zero-order chi connectivity index (χ0) is 15.3. The largest absolute Gasteiger partial charge is 0.491 e. The molecule has 0 aliphatic rings. The summed E-state index contributed by atoms with van der Waals surface area (Å²) in [4.78, 5) is 23.6. The van der Waals surface area contributed by atoms with E-state index in [1.807, 2.05) is 0 Å². The monoisotopic (exact) mass is 279 g/mol. The van der Waals surface area contributed by atoms with Crippen molar-refractivity contribution in [1.29, 1.82) is 0 Å². The molecule has 0 aliphatic heterocycles. The molecule has 1 unspecified atom stereocenters. The second kappa shape index (κ2) is 6.79. The molecule has 6 heteroatoms.